The lowest BCUT2D eigenvalue weighted by atomic mass is 10.1. The molecule has 0 bridgehead atoms. The van der Waals surface area contributed by atoms with Crippen LogP contribution in [0.3, 0.4) is 0 Å². The molecular weight excluding hydrogens is 432 g/mol. The standard InChI is InChI=1S/C22H22N4O5S/c1-13-4-7-16(8-5-13)25-32(29,30)18-12-15(6-9-17(18)31-3)21-14(2)24-26-20(28)11-10-19(27)23-22(21)26/h4-9,12,25H,10-11H2,1-3H3,(H,23,27). The molecule has 4 rings (SSSR count). The molecule has 1 aliphatic rings. The Morgan fingerprint density at radius 3 is 2.47 bits per heavy atom. The molecule has 3 aromatic rings. The number of carbonyl (C=O) groups is 2. The lowest BCUT2D eigenvalue weighted by Gasteiger charge is -2.14. The number of nitrogens with zero attached hydrogens (tertiary/aromatic N) is 2. The number of nitrogens with one attached hydrogen (secondary N) is 2. The van der Waals surface area contributed by atoms with E-state index in [0.29, 0.717) is 22.5 Å². The molecule has 0 aliphatic carbocycles. The molecule has 1 aromatic heterocycles. The molecule has 0 atom stereocenters. The summed E-state index contributed by atoms with van der Waals surface area (Å²) in [5.74, 6) is -0.227. The van der Waals surface area contributed by atoms with Gasteiger partial charge >= 0.3 is 0 Å². The lowest BCUT2D eigenvalue weighted by Crippen LogP contribution is -2.14. The maximum Gasteiger partial charge on any atom is 0.265 e. The topological polar surface area (TPSA) is 119 Å². The number of hydrogen-bond acceptors (Lipinski definition) is 6. The van der Waals surface area contributed by atoms with Gasteiger partial charge in [-0.15, -0.1) is 0 Å². The van der Waals surface area contributed by atoms with E-state index in [1.165, 1.54) is 23.9 Å². The number of benzene rings is 2. The van der Waals surface area contributed by atoms with Crippen molar-refractivity contribution in [2.24, 2.45) is 0 Å². The number of methoxy groups -OCH3 is 1. The van der Waals surface area contributed by atoms with Gasteiger partial charge in [0.15, 0.2) is 0 Å². The van der Waals surface area contributed by atoms with E-state index < -0.39 is 10.0 Å². The maximum atomic E-state index is 13.2. The number of ether oxygens (including phenoxy) is 1. The molecule has 32 heavy (non-hydrogen) atoms. The molecule has 0 spiro atoms. The fourth-order valence-corrected chi connectivity index (χ4v) is 4.82. The van der Waals surface area contributed by atoms with Crippen LogP contribution in [0.2, 0.25) is 0 Å². The highest BCUT2D eigenvalue weighted by Gasteiger charge is 2.28. The minimum atomic E-state index is -4.00. The summed E-state index contributed by atoms with van der Waals surface area (Å²) in [5.41, 5.74) is 2.85. The van der Waals surface area contributed by atoms with E-state index in [1.807, 2.05) is 6.92 Å². The molecule has 1 aliphatic heterocycles. The average molecular weight is 455 g/mol. The van der Waals surface area contributed by atoms with Crippen molar-refractivity contribution in [3.8, 4) is 16.9 Å². The van der Waals surface area contributed by atoms with Crippen molar-refractivity contribution in [1.82, 2.24) is 9.78 Å². The summed E-state index contributed by atoms with van der Waals surface area (Å²) in [7, 11) is -2.62. The van der Waals surface area contributed by atoms with Crippen molar-refractivity contribution in [2.75, 3.05) is 17.1 Å². The first kappa shape index (κ1) is 21.6. The number of anilines is 2. The molecule has 166 valence electrons. The number of sulfonamides is 1. The van der Waals surface area contributed by atoms with Crippen LogP contribution >= 0.6 is 0 Å². The minimum Gasteiger partial charge on any atom is -0.495 e. The predicted octanol–water partition coefficient (Wildman–Crippen LogP) is 3.35. The molecule has 2 heterocycles. The Morgan fingerprint density at radius 2 is 1.78 bits per heavy atom. The van der Waals surface area contributed by atoms with Crippen LogP contribution in [0.5, 0.6) is 5.75 Å². The van der Waals surface area contributed by atoms with Crippen molar-refractivity contribution in [2.45, 2.75) is 31.6 Å². The van der Waals surface area contributed by atoms with Crippen LogP contribution in [0.4, 0.5) is 11.5 Å². The van der Waals surface area contributed by atoms with Gasteiger partial charge in [0.2, 0.25) is 11.8 Å². The van der Waals surface area contributed by atoms with Gasteiger partial charge in [0.1, 0.15) is 16.5 Å². The molecule has 0 saturated heterocycles. The van der Waals surface area contributed by atoms with E-state index in [4.69, 9.17) is 4.74 Å². The van der Waals surface area contributed by atoms with Gasteiger partial charge in [-0.3, -0.25) is 14.3 Å². The highest BCUT2D eigenvalue weighted by Crippen LogP contribution is 2.37. The number of fused-ring (bicyclic) bond motifs is 1. The summed E-state index contributed by atoms with van der Waals surface area (Å²) in [5, 5.41) is 6.99. The van der Waals surface area contributed by atoms with Gasteiger partial charge in [0.25, 0.3) is 10.0 Å². The van der Waals surface area contributed by atoms with Gasteiger partial charge in [0, 0.05) is 24.1 Å². The summed E-state index contributed by atoms with van der Waals surface area (Å²) in [4.78, 5) is 24.4. The summed E-state index contributed by atoms with van der Waals surface area (Å²) in [6.45, 7) is 3.60. The fraction of sp³-hybridized carbons (Fsp3) is 0.227. The molecule has 0 saturated carbocycles. The number of carbonyl (C=O) groups excluding carboxylic acids is 2. The van der Waals surface area contributed by atoms with Crippen molar-refractivity contribution in [1.29, 1.82) is 0 Å². The highest BCUT2D eigenvalue weighted by atomic mass is 32.2. The molecule has 0 unspecified atom stereocenters. The van der Waals surface area contributed by atoms with Crippen LogP contribution in [0.15, 0.2) is 47.4 Å². The van der Waals surface area contributed by atoms with E-state index in [-0.39, 0.29) is 41.1 Å². The molecule has 0 radical (unpaired) electrons. The smallest absolute Gasteiger partial charge is 0.265 e. The van der Waals surface area contributed by atoms with Gasteiger partial charge in [-0.2, -0.15) is 9.78 Å². The van der Waals surface area contributed by atoms with Crippen molar-refractivity contribution < 1.29 is 22.7 Å². The van der Waals surface area contributed by atoms with Crippen LogP contribution in [0, 0.1) is 13.8 Å². The first-order valence-electron chi connectivity index (χ1n) is 9.90. The number of aryl methyl sites for hydroxylation is 2. The highest BCUT2D eigenvalue weighted by molar-refractivity contribution is 7.92. The second kappa shape index (κ2) is 8.12. The Labute approximate surface area is 185 Å². The third kappa shape index (κ3) is 3.96. The lowest BCUT2D eigenvalue weighted by molar-refractivity contribution is -0.116. The quantitative estimate of drug-likeness (QED) is 0.610. The Kier molecular flexibility index (Phi) is 5.47. The second-order valence-electron chi connectivity index (χ2n) is 7.50. The van der Waals surface area contributed by atoms with Crippen molar-refractivity contribution >= 4 is 33.3 Å². The van der Waals surface area contributed by atoms with Crippen molar-refractivity contribution in [3.05, 3.63) is 53.7 Å². The van der Waals surface area contributed by atoms with Gasteiger partial charge < -0.3 is 10.1 Å². The van der Waals surface area contributed by atoms with Crippen LogP contribution in [0.1, 0.15) is 28.9 Å². The zero-order chi connectivity index (χ0) is 23.0. The second-order valence-corrected chi connectivity index (χ2v) is 9.15. The van der Waals surface area contributed by atoms with E-state index >= 15 is 0 Å². The molecule has 0 fully saturated rings. The fourth-order valence-electron chi connectivity index (χ4n) is 3.56. The van der Waals surface area contributed by atoms with Crippen LogP contribution in [-0.2, 0) is 14.8 Å². The van der Waals surface area contributed by atoms with Gasteiger partial charge in [-0.05, 0) is 43.7 Å². The molecule has 10 heteroatoms. The summed E-state index contributed by atoms with van der Waals surface area (Å²) < 4.78 is 35.4. The third-order valence-corrected chi connectivity index (χ3v) is 6.57. The minimum absolute atomic E-state index is 0.0438. The van der Waals surface area contributed by atoms with Crippen molar-refractivity contribution in [3.63, 3.8) is 0 Å². The van der Waals surface area contributed by atoms with Gasteiger partial charge in [-0.1, -0.05) is 23.8 Å². The zero-order valence-electron chi connectivity index (χ0n) is 17.8. The predicted molar refractivity (Wildman–Crippen MR) is 119 cm³/mol. The molecule has 1 amide bonds. The van der Waals surface area contributed by atoms with E-state index in [9.17, 15) is 18.0 Å². The van der Waals surface area contributed by atoms with Gasteiger partial charge in [-0.25, -0.2) is 8.42 Å². The Morgan fingerprint density at radius 1 is 1.06 bits per heavy atom. The first-order valence-corrected chi connectivity index (χ1v) is 11.4. The SMILES string of the molecule is COc1ccc(-c2c(C)nn3c2NC(=O)CCC3=O)cc1S(=O)(=O)Nc1ccc(C)cc1. The normalized spacial score (nSPS) is 13.8. The number of aromatic nitrogens is 2. The average Bonchev–Trinajstić information content (AvgIpc) is 3.01. The Hall–Kier alpha value is -3.66. The van der Waals surface area contributed by atoms with E-state index in [0.717, 1.165) is 5.56 Å². The molecule has 2 aromatic carbocycles. The Bertz CT molecular complexity index is 1330. The number of hydrogen-bond donors (Lipinski definition) is 2. The number of rotatable bonds is 5. The molecular formula is C22H22N4O5S. The maximum absolute atomic E-state index is 13.2. The monoisotopic (exact) mass is 454 g/mol. The van der Waals surface area contributed by atoms with Crippen LogP contribution < -0.4 is 14.8 Å². The first-order chi connectivity index (χ1) is 15.2. The zero-order valence-corrected chi connectivity index (χ0v) is 18.6. The van der Waals surface area contributed by atoms with Gasteiger partial charge in [0.05, 0.1) is 12.8 Å². The van der Waals surface area contributed by atoms with E-state index in [2.05, 4.69) is 15.1 Å². The van der Waals surface area contributed by atoms with E-state index in [1.54, 1.807) is 37.3 Å². The summed E-state index contributed by atoms with van der Waals surface area (Å²) >= 11 is 0. The van der Waals surface area contributed by atoms with Crippen LogP contribution in [-0.4, -0.2) is 37.1 Å². The molecule has 2 N–H and O–H groups in total. The summed E-state index contributed by atoms with van der Waals surface area (Å²) in [6, 6.07) is 11.6. The Balaban J connectivity index is 1.82. The van der Waals surface area contributed by atoms with Crippen LogP contribution in [0.25, 0.3) is 11.1 Å². The largest absolute Gasteiger partial charge is 0.495 e. The summed E-state index contributed by atoms with van der Waals surface area (Å²) in [6.07, 6.45) is 0.103. The number of amides is 1. The molecule has 9 nitrogen and oxygen atoms in total. The third-order valence-electron chi connectivity index (χ3n) is 5.17.